The standard InChI is InChI=1S/C16H32N2/c1-13(2)10-18-11-16(12-18)7-5-15(6-8-16)9-17-14(3)4/h13-15,17H,5-12H2,1-4H3. The third kappa shape index (κ3) is 3.71. The zero-order valence-corrected chi connectivity index (χ0v) is 12.8. The maximum Gasteiger partial charge on any atom is 0.00506 e. The van der Waals surface area contributed by atoms with E-state index in [2.05, 4.69) is 37.9 Å². The zero-order chi connectivity index (χ0) is 13.2. The molecule has 1 N–H and O–H groups in total. The number of nitrogens with zero attached hydrogens (tertiary/aromatic N) is 1. The highest BCUT2D eigenvalue weighted by molar-refractivity contribution is 4.98. The summed E-state index contributed by atoms with van der Waals surface area (Å²) in [7, 11) is 0. The van der Waals surface area contributed by atoms with Gasteiger partial charge in [0.05, 0.1) is 0 Å². The van der Waals surface area contributed by atoms with Gasteiger partial charge in [0.2, 0.25) is 0 Å². The lowest BCUT2D eigenvalue weighted by atomic mass is 9.65. The molecule has 0 amide bonds. The Bertz CT molecular complexity index is 244. The summed E-state index contributed by atoms with van der Waals surface area (Å²) in [5, 5.41) is 3.60. The van der Waals surface area contributed by atoms with Gasteiger partial charge in [0, 0.05) is 25.7 Å². The number of likely N-dealkylation sites (tertiary alicyclic amines) is 1. The van der Waals surface area contributed by atoms with Gasteiger partial charge in [-0.2, -0.15) is 0 Å². The van der Waals surface area contributed by atoms with E-state index in [9.17, 15) is 0 Å². The molecule has 2 heteroatoms. The van der Waals surface area contributed by atoms with Crippen LogP contribution >= 0.6 is 0 Å². The van der Waals surface area contributed by atoms with Crippen molar-refractivity contribution in [2.45, 2.75) is 59.4 Å². The number of hydrogen-bond acceptors (Lipinski definition) is 2. The van der Waals surface area contributed by atoms with E-state index >= 15 is 0 Å². The molecule has 106 valence electrons. The Morgan fingerprint density at radius 1 is 1.11 bits per heavy atom. The summed E-state index contributed by atoms with van der Waals surface area (Å²) in [6.07, 6.45) is 5.86. The van der Waals surface area contributed by atoms with Crippen LogP contribution in [0.15, 0.2) is 0 Å². The van der Waals surface area contributed by atoms with E-state index in [1.807, 2.05) is 0 Å². The van der Waals surface area contributed by atoms with E-state index in [0.717, 1.165) is 17.3 Å². The van der Waals surface area contributed by atoms with Gasteiger partial charge in [-0.05, 0) is 49.5 Å². The van der Waals surface area contributed by atoms with Crippen LogP contribution in [0.4, 0.5) is 0 Å². The van der Waals surface area contributed by atoms with E-state index in [4.69, 9.17) is 0 Å². The van der Waals surface area contributed by atoms with Crippen molar-refractivity contribution in [2.75, 3.05) is 26.2 Å². The van der Waals surface area contributed by atoms with Crippen molar-refractivity contribution in [1.82, 2.24) is 10.2 Å². The molecule has 1 aliphatic carbocycles. The van der Waals surface area contributed by atoms with Crippen molar-refractivity contribution < 1.29 is 0 Å². The summed E-state index contributed by atoms with van der Waals surface area (Å²) in [5.41, 5.74) is 0.725. The summed E-state index contributed by atoms with van der Waals surface area (Å²) >= 11 is 0. The Hall–Kier alpha value is -0.0800. The summed E-state index contributed by atoms with van der Waals surface area (Å²) in [5.74, 6) is 1.77. The van der Waals surface area contributed by atoms with Crippen LogP contribution in [0.2, 0.25) is 0 Å². The van der Waals surface area contributed by atoms with Gasteiger partial charge in [0.1, 0.15) is 0 Å². The molecule has 1 heterocycles. The van der Waals surface area contributed by atoms with Gasteiger partial charge in [-0.3, -0.25) is 0 Å². The Kier molecular flexibility index (Phi) is 4.71. The predicted molar refractivity (Wildman–Crippen MR) is 78.8 cm³/mol. The van der Waals surface area contributed by atoms with Crippen molar-refractivity contribution in [2.24, 2.45) is 17.3 Å². The van der Waals surface area contributed by atoms with Gasteiger partial charge in [0.15, 0.2) is 0 Å². The average Bonchev–Trinajstić information content (AvgIpc) is 2.25. The maximum absolute atomic E-state index is 3.60. The van der Waals surface area contributed by atoms with Gasteiger partial charge in [-0.25, -0.2) is 0 Å². The minimum absolute atomic E-state index is 0.645. The lowest BCUT2D eigenvalue weighted by molar-refractivity contribution is -0.0432. The van der Waals surface area contributed by atoms with Crippen molar-refractivity contribution in [3.63, 3.8) is 0 Å². The molecule has 1 spiro atoms. The lowest BCUT2D eigenvalue weighted by Crippen LogP contribution is -2.58. The number of nitrogens with one attached hydrogen (secondary N) is 1. The average molecular weight is 252 g/mol. The molecule has 0 aromatic carbocycles. The second-order valence-corrected chi connectivity index (χ2v) is 7.57. The van der Waals surface area contributed by atoms with E-state index in [1.165, 1.54) is 51.9 Å². The fourth-order valence-corrected chi connectivity index (χ4v) is 3.76. The summed E-state index contributed by atoms with van der Waals surface area (Å²) in [6.45, 7) is 14.5. The lowest BCUT2D eigenvalue weighted by Gasteiger charge is -2.54. The quantitative estimate of drug-likeness (QED) is 0.809. The van der Waals surface area contributed by atoms with Crippen LogP contribution in [0.5, 0.6) is 0 Å². The van der Waals surface area contributed by atoms with Gasteiger partial charge < -0.3 is 10.2 Å². The fourth-order valence-electron chi connectivity index (χ4n) is 3.76. The SMILES string of the molecule is CC(C)CN1CC2(CCC(CNC(C)C)CC2)C1. The fraction of sp³-hybridized carbons (Fsp3) is 1.00. The van der Waals surface area contributed by atoms with Crippen LogP contribution in [0.1, 0.15) is 53.4 Å². The topological polar surface area (TPSA) is 15.3 Å². The van der Waals surface area contributed by atoms with Crippen molar-refractivity contribution in [3.8, 4) is 0 Å². The van der Waals surface area contributed by atoms with Crippen molar-refractivity contribution in [3.05, 3.63) is 0 Å². The van der Waals surface area contributed by atoms with Crippen molar-refractivity contribution >= 4 is 0 Å². The van der Waals surface area contributed by atoms with E-state index in [0.29, 0.717) is 6.04 Å². The molecular formula is C16H32N2. The first kappa shape index (κ1) is 14.3. The Morgan fingerprint density at radius 3 is 2.22 bits per heavy atom. The van der Waals surface area contributed by atoms with Crippen LogP contribution in [-0.2, 0) is 0 Å². The highest BCUT2D eigenvalue weighted by Crippen LogP contribution is 2.45. The van der Waals surface area contributed by atoms with E-state index in [1.54, 1.807) is 0 Å². The van der Waals surface area contributed by atoms with Crippen LogP contribution in [-0.4, -0.2) is 37.1 Å². The molecule has 2 rings (SSSR count). The number of rotatable bonds is 5. The van der Waals surface area contributed by atoms with Gasteiger partial charge in [-0.15, -0.1) is 0 Å². The molecular weight excluding hydrogens is 220 g/mol. The zero-order valence-electron chi connectivity index (χ0n) is 12.8. The van der Waals surface area contributed by atoms with Crippen LogP contribution in [0, 0.1) is 17.3 Å². The molecule has 18 heavy (non-hydrogen) atoms. The molecule has 1 saturated heterocycles. The van der Waals surface area contributed by atoms with Gasteiger partial charge >= 0.3 is 0 Å². The first-order chi connectivity index (χ1) is 8.49. The Balaban J connectivity index is 1.65. The largest absolute Gasteiger partial charge is 0.314 e. The van der Waals surface area contributed by atoms with E-state index < -0.39 is 0 Å². The molecule has 0 aromatic rings. The third-order valence-electron chi connectivity index (χ3n) is 4.72. The molecule has 1 aliphatic heterocycles. The van der Waals surface area contributed by atoms with E-state index in [-0.39, 0.29) is 0 Å². The first-order valence-electron chi connectivity index (χ1n) is 7.95. The highest BCUT2D eigenvalue weighted by atomic mass is 15.2. The summed E-state index contributed by atoms with van der Waals surface area (Å²) in [4.78, 5) is 2.66. The van der Waals surface area contributed by atoms with Crippen LogP contribution in [0.25, 0.3) is 0 Å². The molecule has 0 radical (unpaired) electrons. The van der Waals surface area contributed by atoms with Crippen molar-refractivity contribution in [1.29, 1.82) is 0 Å². The Labute approximate surface area is 114 Å². The second-order valence-electron chi connectivity index (χ2n) is 7.57. The third-order valence-corrected chi connectivity index (χ3v) is 4.72. The van der Waals surface area contributed by atoms with Gasteiger partial charge in [-0.1, -0.05) is 27.7 Å². The van der Waals surface area contributed by atoms with Crippen LogP contribution < -0.4 is 5.32 Å². The molecule has 0 aromatic heterocycles. The summed E-state index contributed by atoms with van der Waals surface area (Å²) < 4.78 is 0. The predicted octanol–water partition coefficient (Wildman–Crippen LogP) is 3.13. The van der Waals surface area contributed by atoms with Gasteiger partial charge in [0.25, 0.3) is 0 Å². The maximum atomic E-state index is 3.60. The monoisotopic (exact) mass is 252 g/mol. The molecule has 2 fully saturated rings. The minimum Gasteiger partial charge on any atom is -0.314 e. The molecule has 2 nitrogen and oxygen atoms in total. The molecule has 0 unspecified atom stereocenters. The molecule has 0 bridgehead atoms. The molecule has 1 saturated carbocycles. The minimum atomic E-state index is 0.645. The first-order valence-corrected chi connectivity index (χ1v) is 7.95. The Morgan fingerprint density at radius 2 is 1.72 bits per heavy atom. The number of hydrogen-bond donors (Lipinski definition) is 1. The highest BCUT2D eigenvalue weighted by Gasteiger charge is 2.44. The molecule has 0 atom stereocenters. The molecule has 2 aliphatic rings. The van der Waals surface area contributed by atoms with Crippen LogP contribution in [0.3, 0.4) is 0 Å². The summed E-state index contributed by atoms with van der Waals surface area (Å²) in [6, 6.07) is 0.645. The normalized spacial score (nSPS) is 25.0. The smallest absolute Gasteiger partial charge is 0.00506 e. The second kappa shape index (κ2) is 5.92.